The highest BCUT2D eigenvalue weighted by atomic mass is 35.5. The molecule has 5 nitrogen and oxygen atoms in total. The van der Waals surface area contributed by atoms with Crippen molar-refractivity contribution >= 4 is 29.0 Å². The van der Waals surface area contributed by atoms with Crippen LogP contribution in [0, 0.1) is 5.82 Å². The smallest absolute Gasteiger partial charge is 0.258 e. The zero-order chi connectivity index (χ0) is 22.1. The van der Waals surface area contributed by atoms with Gasteiger partial charge in [-0.05, 0) is 47.9 Å². The number of ketones is 1. The van der Waals surface area contributed by atoms with Crippen LogP contribution in [0.25, 0.3) is 0 Å². The molecule has 0 N–H and O–H groups in total. The van der Waals surface area contributed by atoms with E-state index in [1.165, 1.54) is 6.07 Å². The Bertz CT molecular complexity index is 1170. The van der Waals surface area contributed by atoms with Gasteiger partial charge < -0.3 is 4.90 Å². The van der Waals surface area contributed by atoms with Gasteiger partial charge in [0, 0.05) is 53.8 Å². The van der Waals surface area contributed by atoms with Gasteiger partial charge in [-0.2, -0.15) is 5.10 Å². The minimum Gasteiger partial charge on any atom is -0.304 e. The standard InChI is InChI=1S/C24H23ClFN3O2/c1-3-20(30)8-6-15-4-5-16(11-21(15)26)24(31)29-14-18-13-27-28(2)23(18)12-17-10-19(25)7-9-22(17)29/h4-5,7,9-11,13H,3,6,8,12,14H2,1-2H3. The summed E-state index contributed by atoms with van der Waals surface area (Å²) in [5.74, 6) is -0.676. The molecule has 160 valence electrons. The van der Waals surface area contributed by atoms with Crippen LogP contribution >= 0.6 is 11.6 Å². The van der Waals surface area contributed by atoms with Crippen LogP contribution in [0.3, 0.4) is 0 Å². The first-order valence-corrected chi connectivity index (χ1v) is 10.6. The Balaban J connectivity index is 1.67. The van der Waals surface area contributed by atoms with Gasteiger partial charge in [0.15, 0.2) is 0 Å². The molecule has 0 spiro atoms. The Kier molecular flexibility index (Phi) is 5.92. The number of nitrogens with zero attached hydrogens (tertiary/aromatic N) is 3. The molecule has 1 aliphatic heterocycles. The van der Waals surface area contributed by atoms with Crippen LogP contribution in [-0.4, -0.2) is 21.5 Å². The number of halogens is 2. The molecule has 3 aromatic rings. The highest BCUT2D eigenvalue weighted by molar-refractivity contribution is 6.30. The highest BCUT2D eigenvalue weighted by Gasteiger charge is 2.27. The molecule has 4 rings (SSSR count). The molecular weight excluding hydrogens is 417 g/mol. The van der Waals surface area contributed by atoms with Crippen molar-refractivity contribution in [3.63, 3.8) is 0 Å². The number of rotatable bonds is 5. The van der Waals surface area contributed by atoms with E-state index >= 15 is 0 Å². The van der Waals surface area contributed by atoms with E-state index in [0.717, 1.165) is 22.5 Å². The molecule has 0 fully saturated rings. The molecule has 1 aliphatic rings. The van der Waals surface area contributed by atoms with Gasteiger partial charge in [0.05, 0.1) is 12.7 Å². The first kappa shape index (κ1) is 21.2. The lowest BCUT2D eigenvalue weighted by Gasteiger charge is -2.23. The van der Waals surface area contributed by atoms with Gasteiger partial charge in [-0.15, -0.1) is 0 Å². The van der Waals surface area contributed by atoms with E-state index in [4.69, 9.17) is 11.6 Å². The third kappa shape index (κ3) is 4.26. The summed E-state index contributed by atoms with van der Waals surface area (Å²) in [7, 11) is 1.87. The highest BCUT2D eigenvalue weighted by Crippen LogP contribution is 2.33. The second-order valence-corrected chi connectivity index (χ2v) is 8.22. The average Bonchev–Trinajstić information content (AvgIpc) is 3.00. The van der Waals surface area contributed by atoms with Crippen molar-refractivity contribution in [3.05, 3.63) is 81.4 Å². The Hall–Kier alpha value is -2.99. The lowest BCUT2D eigenvalue weighted by atomic mass is 10.0. The Morgan fingerprint density at radius 2 is 1.97 bits per heavy atom. The molecule has 0 unspecified atom stereocenters. The van der Waals surface area contributed by atoms with Gasteiger partial charge in [-0.1, -0.05) is 24.6 Å². The van der Waals surface area contributed by atoms with Crippen LogP contribution in [0.2, 0.25) is 5.02 Å². The predicted molar refractivity (Wildman–Crippen MR) is 118 cm³/mol. The molecule has 2 aromatic carbocycles. The molecule has 0 bridgehead atoms. The second-order valence-electron chi connectivity index (χ2n) is 7.78. The van der Waals surface area contributed by atoms with E-state index in [2.05, 4.69) is 5.10 Å². The Morgan fingerprint density at radius 3 is 2.71 bits per heavy atom. The van der Waals surface area contributed by atoms with Crippen molar-refractivity contribution in [2.24, 2.45) is 7.05 Å². The minimum absolute atomic E-state index is 0.0895. The van der Waals surface area contributed by atoms with Gasteiger partial charge in [0.1, 0.15) is 11.6 Å². The summed E-state index contributed by atoms with van der Waals surface area (Å²) < 4.78 is 16.5. The SMILES string of the molecule is CCC(=O)CCc1ccc(C(=O)N2Cc3cnn(C)c3Cc3cc(Cl)ccc32)cc1F. The van der Waals surface area contributed by atoms with Crippen LogP contribution in [0.1, 0.15) is 52.5 Å². The maximum atomic E-state index is 14.7. The molecule has 0 radical (unpaired) electrons. The van der Waals surface area contributed by atoms with E-state index < -0.39 is 5.82 Å². The molecule has 0 saturated heterocycles. The summed E-state index contributed by atoms with van der Waals surface area (Å²) in [4.78, 5) is 26.6. The van der Waals surface area contributed by atoms with Gasteiger partial charge in [0.2, 0.25) is 0 Å². The van der Waals surface area contributed by atoms with Crippen LogP contribution in [0.4, 0.5) is 10.1 Å². The number of Topliss-reactive ketones (excluding diaryl/α,β-unsaturated/α-hetero) is 1. The van der Waals surface area contributed by atoms with Crippen molar-refractivity contribution in [2.75, 3.05) is 4.90 Å². The van der Waals surface area contributed by atoms with Crippen molar-refractivity contribution in [1.82, 2.24) is 9.78 Å². The normalized spacial score (nSPS) is 12.8. The Morgan fingerprint density at radius 1 is 1.16 bits per heavy atom. The summed E-state index contributed by atoms with van der Waals surface area (Å²) in [6.07, 6.45) is 3.43. The largest absolute Gasteiger partial charge is 0.304 e. The predicted octanol–water partition coefficient (Wildman–Crippen LogP) is 4.88. The molecule has 0 atom stereocenters. The first-order chi connectivity index (χ1) is 14.9. The summed E-state index contributed by atoms with van der Waals surface area (Å²) in [6.45, 7) is 2.13. The molecular formula is C24H23ClFN3O2. The van der Waals surface area contributed by atoms with Gasteiger partial charge in [0.25, 0.3) is 5.91 Å². The van der Waals surface area contributed by atoms with Crippen molar-refractivity contribution in [2.45, 2.75) is 39.2 Å². The molecule has 0 aliphatic carbocycles. The van der Waals surface area contributed by atoms with Crippen molar-refractivity contribution in [1.29, 1.82) is 0 Å². The molecule has 1 aromatic heterocycles. The van der Waals surface area contributed by atoms with Crippen molar-refractivity contribution in [3.8, 4) is 0 Å². The van der Waals surface area contributed by atoms with Crippen LogP contribution in [-0.2, 0) is 31.2 Å². The van der Waals surface area contributed by atoms with Crippen LogP contribution < -0.4 is 4.90 Å². The summed E-state index contributed by atoms with van der Waals surface area (Å²) in [6, 6.07) is 9.93. The number of fused-ring (bicyclic) bond motifs is 2. The number of hydrogen-bond donors (Lipinski definition) is 0. The summed E-state index contributed by atoms with van der Waals surface area (Å²) in [5.41, 5.74) is 4.33. The molecule has 2 heterocycles. The van der Waals surface area contributed by atoms with Gasteiger partial charge in [-0.3, -0.25) is 14.3 Å². The number of hydrogen-bond acceptors (Lipinski definition) is 3. The number of carbonyl (C=O) groups is 2. The first-order valence-electron chi connectivity index (χ1n) is 10.3. The maximum Gasteiger partial charge on any atom is 0.258 e. The minimum atomic E-state index is -0.469. The summed E-state index contributed by atoms with van der Waals surface area (Å²) >= 11 is 6.22. The van der Waals surface area contributed by atoms with Gasteiger partial charge >= 0.3 is 0 Å². The molecule has 7 heteroatoms. The monoisotopic (exact) mass is 439 g/mol. The van der Waals surface area contributed by atoms with E-state index in [9.17, 15) is 14.0 Å². The fraction of sp³-hybridized carbons (Fsp3) is 0.292. The van der Waals surface area contributed by atoms with Gasteiger partial charge in [-0.25, -0.2) is 4.39 Å². The lowest BCUT2D eigenvalue weighted by molar-refractivity contribution is -0.118. The van der Waals surface area contributed by atoms with E-state index in [1.807, 2.05) is 19.2 Å². The van der Waals surface area contributed by atoms with E-state index in [0.29, 0.717) is 42.8 Å². The number of anilines is 1. The maximum absolute atomic E-state index is 14.7. The molecule has 0 saturated carbocycles. The van der Waals surface area contributed by atoms with Crippen molar-refractivity contribution < 1.29 is 14.0 Å². The molecule has 31 heavy (non-hydrogen) atoms. The number of carbonyl (C=O) groups excluding carboxylic acids is 2. The van der Waals surface area contributed by atoms with E-state index in [1.54, 1.807) is 40.9 Å². The fourth-order valence-corrected chi connectivity index (χ4v) is 4.13. The topological polar surface area (TPSA) is 55.2 Å². The average molecular weight is 440 g/mol. The second kappa shape index (κ2) is 8.63. The summed E-state index contributed by atoms with van der Waals surface area (Å²) in [5, 5.41) is 4.92. The zero-order valence-electron chi connectivity index (χ0n) is 17.5. The number of amides is 1. The molecule has 1 amide bonds. The number of aromatic nitrogens is 2. The van der Waals surface area contributed by atoms with Crippen LogP contribution in [0.5, 0.6) is 0 Å². The Labute approximate surface area is 185 Å². The number of benzene rings is 2. The fourth-order valence-electron chi connectivity index (χ4n) is 3.93. The van der Waals surface area contributed by atoms with Crippen LogP contribution in [0.15, 0.2) is 42.6 Å². The number of aryl methyl sites for hydroxylation is 2. The third-order valence-corrected chi connectivity index (χ3v) is 6.01. The third-order valence-electron chi connectivity index (χ3n) is 5.78. The van der Waals surface area contributed by atoms with E-state index in [-0.39, 0.29) is 17.3 Å². The zero-order valence-corrected chi connectivity index (χ0v) is 18.2. The lowest BCUT2D eigenvalue weighted by Crippen LogP contribution is -2.30. The quantitative estimate of drug-likeness (QED) is 0.569.